The van der Waals surface area contributed by atoms with E-state index in [0.29, 0.717) is 30.8 Å². The zero-order valence-corrected chi connectivity index (χ0v) is 21.2. The van der Waals surface area contributed by atoms with E-state index in [1.165, 1.54) is 16.7 Å². The molecule has 1 unspecified atom stereocenters. The van der Waals surface area contributed by atoms with Crippen LogP contribution in [0.4, 0.5) is 10.1 Å². The molecular weight excluding hydrogens is 477 g/mol. The molecule has 2 aromatic carbocycles. The minimum absolute atomic E-state index is 0.130. The van der Waals surface area contributed by atoms with Crippen molar-refractivity contribution in [2.45, 2.75) is 46.7 Å². The summed E-state index contributed by atoms with van der Waals surface area (Å²) in [5.41, 5.74) is 0.881. The standard InChI is InChI=1S/C25H26FN5O4.C2H6/c1-2-16(14-32)12-30-23-22(24(34)31(25(30)35)13-18-5-3-4-6-20(18)26)28-21(29-23)11-17-7-9-19(10-8-17)27-15-33;1-2/h3-10,15-16,32H,2,11-14H2,1H3,(H,27,33)(H,28,29);1-2H3. The van der Waals surface area contributed by atoms with Gasteiger partial charge in [-0.05, 0) is 36.1 Å². The Balaban J connectivity index is 0.00000186. The molecule has 2 aromatic heterocycles. The number of amides is 1. The molecule has 196 valence electrons. The molecule has 0 fully saturated rings. The van der Waals surface area contributed by atoms with Crippen molar-refractivity contribution in [3.63, 3.8) is 0 Å². The van der Waals surface area contributed by atoms with Crippen molar-refractivity contribution in [3.8, 4) is 0 Å². The molecule has 0 bridgehead atoms. The van der Waals surface area contributed by atoms with Gasteiger partial charge in [0.05, 0.1) is 6.54 Å². The number of fused-ring (bicyclic) bond motifs is 1. The van der Waals surface area contributed by atoms with Gasteiger partial charge in [-0.3, -0.25) is 18.7 Å². The molecule has 0 spiro atoms. The molecule has 1 atom stereocenters. The number of halogens is 1. The molecule has 0 saturated carbocycles. The molecule has 4 aromatic rings. The Hall–Kier alpha value is -4.05. The number of nitrogens with zero attached hydrogens (tertiary/aromatic N) is 3. The fourth-order valence-electron chi connectivity index (χ4n) is 3.95. The first-order valence-corrected chi connectivity index (χ1v) is 12.3. The first-order valence-electron chi connectivity index (χ1n) is 12.3. The second-order valence-electron chi connectivity index (χ2n) is 8.35. The van der Waals surface area contributed by atoms with E-state index in [4.69, 9.17) is 0 Å². The smallest absolute Gasteiger partial charge is 0.333 e. The van der Waals surface area contributed by atoms with Crippen LogP contribution < -0.4 is 16.6 Å². The van der Waals surface area contributed by atoms with Gasteiger partial charge in [0.25, 0.3) is 5.56 Å². The Bertz CT molecular complexity index is 1450. The van der Waals surface area contributed by atoms with Crippen molar-refractivity contribution >= 4 is 23.3 Å². The third kappa shape index (κ3) is 6.21. The van der Waals surface area contributed by atoms with Crippen LogP contribution in [0.2, 0.25) is 0 Å². The number of aliphatic hydroxyl groups excluding tert-OH is 1. The minimum atomic E-state index is -0.611. The van der Waals surface area contributed by atoms with Gasteiger partial charge in [-0.1, -0.05) is 51.1 Å². The van der Waals surface area contributed by atoms with E-state index in [0.717, 1.165) is 10.1 Å². The SMILES string of the molecule is CC.CCC(CO)Cn1c(=O)n(Cc2ccccc2F)c(=O)c2[nH]c(Cc3ccc(NC=O)cc3)nc21. The largest absolute Gasteiger partial charge is 0.396 e. The summed E-state index contributed by atoms with van der Waals surface area (Å²) in [5.74, 6) is -0.250. The van der Waals surface area contributed by atoms with Crippen LogP contribution in [-0.2, 0) is 24.3 Å². The van der Waals surface area contributed by atoms with Gasteiger partial charge < -0.3 is 15.4 Å². The summed E-state index contributed by atoms with van der Waals surface area (Å²) in [5, 5.41) is 12.3. The number of aromatic amines is 1. The van der Waals surface area contributed by atoms with E-state index < -0.39 is 17.1 Å². The van der Waals surface area contributed by atoms with E-state index >= 15 is 0 Å². The van der Waals surface area contributed by atoms with Crippen LogP contribution in [0.25, 0.3) is 11.2 Å². The fourth-order valence-corrected chi connectivity index (χ4v) is 3.95. The number of aromatic nitrogens is 4. The number of H-pyrrole nitrogens is 1. The maximum atomic E-state index is 14.3. The summed E-state index contributed by atoms with van der Waals surface area (Å²) in [4.78, 5) is 44.9. The Morgan fingerprint density at radius 3 is 2.43 bits per heavy atom. The maximum absolute atomic E-state index is 14.3. The van der Waals surface area contributed by atoms with Crippen molar-refractivity contribution in [1.82, 2.24) is 19.1 Å². The highest BCUT2D eigenvalue weighted by Gasteiger charge is 2.20. The lowest BCUT2D eigenvalue weighted by Crippen LogP contribution is -2.41. The van der Waals surface area contributed by atoms with E-state index in [1.807, 2.05) is 32.9 Å². The number of nitrogens with one attached hydrogen (secondary N) is 2. The number of carbonyl (C=O) groups is 1. The van der Waals surface area contributed by atoms with Crippen LogP contribution in [-0.4, -0.2) is 37.2 Å². The van der Waals surface area contributed by atoms with Crippen molar-refractivity contribution in [2.75, 3.05) is 11.9 Å². The molecule has 0 radical (unpaired) electrons. The molecule has 3 N–H and O–H groups in total. The van der Waals surface area contributed by atoms with Crippen molar-refractivity contribution in [3.05, 3.63) is 92.1 Å². The van der Waals surface area contributed by atoms with Crippen LogP contribution in [0.15, 0.2) is 58.1 Å². The Morgan fingerprint density at radius 2 is 1.81 bits per heavy atom. The van der Waals surface area contributed by atoms with Crippen LogP contribution in [0, 0.1) is 11.7 Å². The average molecular weight is 510 g/mol. The first-order chi connectivity index (χ1) is 17.9. The molecule has 9 nitrogen and oxygen atoms in total. The van der Waals surface area contributed by atoms with E-state index in [2.05, 4.69) is 15.3 Å². The molecule has 0 aliphatic carbocycles. The summed E-state index contributed by atoms with van der Waals surface area (Å²) in [6, 6.07) is 13.1. The molecule has 1 amide bonds. The molecule has 2 heterocycles. The average Bonchev–Trinajstić information content (AvgIpc) is 3.34. The summed E-state index contributed by atoms with van der Waals surface area (Å²) in [6.45, 7) is 5.71. The second-order valence-corrected chi connectivity index (χ2v) is 8.35. The van der Waals surface area contributed by atoms with Crippen molar-refractivity contribution < 1.29 is 14.3 Å². The zero-order chi connectivity index (χ0) is 26.9. The lowest BCUT2D eigenvalue weighted by Gasteiger charge is -2.16. The van der Waals surface area contributed by atoms with E-state index in [1.54, 1.807) is 24.3 Å². The Labute approximate surface area is 213 Å². The van der Waals surface area contributed by atoms with Crippen LogP contribution >= 0.6 is 0 Å². The van der Waals surface area contributed by atoms with Crippen molar-refractivity contribution in [1.29, 1.82) is 0 Å². The zero-order valence-electron chi connectivity index (χ0n) is 21.2. The van der Waals surface area contributed by atoms with Crippen LogP contribution in [0.5, 0.6) is 0 Å². The number of hydrogen-bond acceptors (Lipinski definition) is 5. The summed E-state index contributed by atoms with van der Waals surface area (Å²) < 4.78 is 16.7. The number of benzene rings is 2. The van der Waals surface area contributed by atoms with Gasteiger partial charge in [-0.15, -0.1) is 0 Å². The monoisotopic (exact) mass is 509 g/mol. The van der Waals surface area contributed by atoms with Gasteiger partial charge >= 0.3 is 5.69 Å². The lowest BCUT2D eigenvalue weighted by molar-refractivity contribution is -0.105. The van der Waals surface area contributed by atoms with Crippen LogP contribution in [0.3, 0.4) is 0 Å². The Morgan fingerprint density at radius 1 is 1.11 bits per heavy atom. The lowest BCUT2D eigenvalue weighted by atomic mass is 10.1. The van der Waals surface area contributed by atoms with Crippen molar-refractivity contribution in [2.24, 2.45) is 5.92 Å². The molecular formula is C27H32FN5O4. The maximum Gasteiger partial charge on any atom is 0.333 e. The highest BCUT2D eigenvalue weighted by molar-refractivity contribution is 5.71. The molecule has 0 aliphatic rings. The van der Waals surface area contributed by atoms with Gasteiger partial charge in [0.1, 0.15) is 17.2 Å². The fraction of sp³-hybridized carbons (Fsp3) is 0.333. The predicted molar refractivity (Wildman–Crippen MR) is 141 cm³/mol. The molecule has 0 aliphatic heterocycles. The molecule has 10 heteroatoms. The quantitative estimate of drug-likeness (QED) is 0.283. The molecule has 0 saturated heterocycles. The third-order valence-electron chi connectivity index (χ3n) is 6.02. The molecule has 4 rings (SSSR count). The highest BCUT2D eigenvalue weighted by Crippen LogP contribution is 2.16. The van der Waals surface area contributed by atoms with E-state index in [9.17, 15) is 23.9 Å². The van der Waals surface area contributed by atoms with Crippen LogP contribution in [0.1, 0.15) is 44.1 Å². The second kappa shape index (κ2) is 12.8. The van der Waals surface area contributed by atoms with Gasteiger partial charge in [-0.2, -0.15) is 0 Å². The number of imidazole rings is 1. The third-order valence-corrected chi connectivity index (χ3v) is 6.02. The number of aliphatic hydroxyl groups is 1. The number of hydrogen-bond donors (Lipinski definition) is 3. The number of anilines is 1. The van der Waals surface area contributed by atoms with E-state index in [-0.39, 0.29) is 42.3 Å². The van der Waals surface area contributed by atoms with Gasteiger partial charge in [0.15, 0.2) is 5.65 Å². The number of carbonyl (C=O) groups excluding carboxylic acids is 1. The first kappa shape index (κ1) is 27.5. The topological polar surface area (TPSA) is 122 Å². The summed E-state index contributed by atoms with van der Waals surface area (Å²) in [6.07, 6.45) is 1.57. The predicted octanol–water partition coefficient (Wildman–Crippen LogP) is 3.28. The normalized spacial score (nSPS) is 11.6. The Kier molecular flexibility index (Phi) is 9.51. The summed E-state index contributed by atoms with van der Waals surface area (Å²) >= 11 is 0. The molecule has 37 heavy (non-hydrogen) atoms. The highest BCUT2D eigenvalue weighted by atomic mass is 19.1. The summed E-state index contributed by atoms with van der Waals surface area (Å²) in [7, 11) is 0. The van der Waals surface area contributed by atoms with Gasteiger partial charge in [0.2, 0.25) is 6.41 Å². The minimum Gasteiger partial charge on any atom is -0.396 e. The number of rotatable bonds is 10. The van der Waals surface area contributed by atoms with Gasteiger partial charge in [0, 0.05) is 30.8 Å². The van der Waals surface area contributed by atoms with Gasteiger partial charge in [-0.25, -0.2) is 14.2 Å².